The maximum absolute atomic E-state index is 10.1. The Morgan fingerprint density at radius 1 is 0.960 bits per heavy atom. The number of aliphatic hydroxyl groups is 1. The Bertz CT molecular complexity index is 693. The highest BCUT2D eigenvalue weighted by atomic mass is 16.3. The molecular weight excluding hydrogens is 308 g/mol. The number of allylic oxidation sites excluding steroid dienone is 2. The van der Waals surface area contributed by atoms with Gasteiger partial charge in [-0.05, 0) is 79.1 Å². The van der Waals surface area contributed by atoms with E-state index in [1.54, 1.807) is 5.57 Å². The number of hydrogen-bond acceptors (Lipinski definition) is 3. The zero-order valence-electron chi connectivity index (χ0n) is 15.5. The smallest absolute Gasteiger partial charge is 0.161 e. The molecule has 1 heterocycles. The van der Waals surface area contributed by atoms with Crippen LogP contribution in [0.4, 0.5) is 0 Å². The number of hydrogen-bond donors (Lipinski definition) is 1. The lowest BCUT2D eigenvalue weighted by atomic mass is 9.47. The van der Waals surface area contributed by atoms with Crippen molar-refractivity contribution in [3.8, 4) is 0 Å². The van der Waals surface area contributed by atoms with Gasteiger partial charge in [0.15, 0.2) is 6.17 Å². The topological polar surface area (TPSA) is 45.0 Å². The molecule has 0 radical (unpaired) electrons. The summed E-state index contributed by atoms with van der Waals surface area (Å²) in [6, 6.07) is 0. The van der Waals surface area contributed by atoms with Gasteiger partial charge in [-0.15, -0.1) is 0 Å². The molecule has 4 aliphatic carbocycles. The minimum absolute atomic E-state index is 0.0571. The minimum Gasteiger partial charge on any atom is -0.393 e. The summed E-state index contributed by atoms with van der Waals surface area (Å²) in [5.41, 5.74) is 3.66. The van der Waals surface area contributed by atoms with Crippen molar-refractivity contribution >= 4 is 12.4 Å². The molecule has 3 heteroatoms. The highest BCUT2D eigenvalue weighted by Gasteiger charge is 2.57. The van der Waals surface area contributed by atoms with Crippen LogP contribution in [-0.2, 0) is 0 Å². The van der Waals surface area contributed by atoms with Gasteiger partial charge < -0.3 is 5.11 Å². The monoisotopic (exact) mass is 338 g/mol. The molecule has 0 spiro atoms. The van der Waals surface area contributed by atoms with Crippen LogP contribution in [0, 0.1) is 28.6 Å². The summed E-state index contributed by atoms with van der Waals surface area (Å²) in [5.74, 6) is 2.32. The molecule has 134 valence electrons. The van der Waals surface area contributed by atoms with Gasteiger partial charge in [0.1, 0.15) is 0 Å². The molecule has 0 saturated heterocycles. The molecule has 0 aromatic heterocycles. The molecule has 2 saturated carbocycles. The van der Waals surface area contributed by atoms with E-state index in [-0.39, 0.29) is 17.7 Å². The second kappa shape index (κ2) is 5.39. The van der Waals surface area contributed by atoms with Gasteiger partial charge in [0, 0.05) is 12.4 Å². The predicted octanol–water partition coefficient (Wildman–Crippen LogP) is 4.33. The Morgan fingerprint density at radius 3 is 2.52 bits per heavy atom. The number of aliphatic imine (C=N–C) groups is 2. The summed E-state index contributed by atoms with van der Waals surface area (Å²) in [7, 11) is 0. The summed E-state index contributed by atoms with van der Waals surface area (Å²) >= 11 is 0. The van der Waals surface area contributed by atoms with Crippen molar-refractivity contribution < 1.29 is 5.11 Å². The van der Waals surface area contributed by atoms with E-state index in [0.717, 1.165) is 30.6 Å². The van der Waals surface area contributed by atoms with Crippen LogP contribution >= 0.6 is 0 Å². The van der Waals surface area contributed by atoms with Crippen LogP contribution in [0.15, 0.2) is 33.3 Å². The third-order valence-corrected chi connectivity index (χ3v) is 8.52. The lowest BCUT2D eigenvalue weighted by Gasteiger charge is -2.57. The van der Waals surface area contributed by atoms with Crippen LogP contribution in [0.2, 0.25) is 0 Å². The van der Waals surface area contributed by atoms with E-state index in [0.29, 0.717) is 5.41 Å². The highest BCUT2D eigenvalue weighted by Crippen LogP contribution is 2.65. The predicted molar refractivity (Wildman–Crippen MR) is 102 cm³/mol. The molecule has 0 amide bonds. The number of aliphatic hydroxyl groups excluding tert-OH is 1. The molecular formula is C22H30N2O. The molecule has 0 unspecified atom stereocenters. The summed E-state index contributed by atoms with van der Waals surface area (Å²) in [4.78, 5) is 9.18. The van der Waals surface area contributed by atoms with Crippen molar-refractivity contribution in [2.45, 2.75) is 71.1 Å². The van der Waals surface area contributed by atoms with Crippen LogP contribution in [0.1, 0.15) is 58.8 Å². The molecule has 6 atom stereocenters. The van der Waals surface area contributed by atoms with E-state index < -0.39 is 0 Å². The zero-order valence-corrected chi connectivity index (χ0v) is 15.5. The van der Waals surface area contributed by atoms with Crippen LogP contribution in [0.5, 0.6) is 0 Å². The van der Waals surface area contributed by atoms with Crippen molar-refractivity contribution in [3.05, 3.63) is 23.3 Å². The Hall–Kier alpha value is -1.22. The summed E-state index contributed by atoms with van der Waals surface area (Å²) in [6.07, 6.45) is 16.7. The summed E-state index contributed by atoms with van der Waals surface area (Å²) in [5, 5.41) is 10.1. The molecule has 25 heavy (non-hydrogen) atoms. The fourth-order valence-electron chi connectivity index (χ4n) is 7.08. The Morgan fingerprint density at radius 2 is 1.72 bits per heavy atom. The van der Waals surface area contributed by atoms with Crippen LogP contribution in [0.25, 0.3) is 0 Å². The third-order valence-electron chi connectivity index (χ3n) is 8.52. The maximum atomic E-state index is 10.1. The van der Waals surface area contributed by atoms with Gasteiger partial charge in [-0.1, -0.05) is 31.6 Å². The van der Waals surface area contributed by atoms with Crippen molar-refractivity contribution in [1.82, 2.24) is 0 Å². The average Bonchev–Trinajstić information content (AvgIpc) is 3.22. The van der Waals surface area contributed by atoms with Crippen LogP contribution in [0.3, 0.4) is 0 Å². The first-order valence-corrected chi connectivity index (χ1v) is 10.2. The molecule has 5 rings (SSSR count). The fraction of sp³-hybridized carbons (Fsp3) is 0.727. The molecule has 2 fully saturated rings. The van der Waals surface area contributed by atoms with E-state index in [4.69, 9.17) is 0 Å². The van der Waals surface area contributed by atoms with Gasteiger partial charge in [0.05, 0.1) is 6.10 Å². The standard InChI is InChI=1S/C22H30N2O/c1-21-9-7-15(25)13-14(21)3-4-16-17-5-6-19(20-23-11-12-24-20)22(17,2)10-8-18(16)21/h3,6,11-12,15-18,20,25H,4-5,7-10,13H2,1-2H3/t15-,16-,17-,18-,21-,22-/m0/s1. The van der Waals surface area contributed by atoms with E-state index in [1.807, 2.05) is 12.4 Å². The fourth-order valence-corrected chi connectivity index (χ4v) is 7.08. The number of fused-ring (bicyclic) bond motifs is 5. The Balaban J connectivity index is 1.46. The molecule has 0 aromatic carbocycles. The third kappa shape index (κ3) is 2.14. The summed E-state index contributed by atoms with van der Waals surface area (Å²) in [6.45, 7) is 4.99. The molecule has 0 bridgehead atoms. The van der Waals surface area contributed by atoms with Crippen molar-refractivity contribution in [1.29, 1.82) is 0 Å². The van der Waals surface area contributed by atoms with E-state index in [9.17, 15) is 5.11 Å². The SMILES string of the molecule is C[C@]12CC[C@H](O)CC1=CC[C@@H]1[C@@H]2CC[C@]2(C)C(C3N=CC=N3)=CC[C@@H]12. The van der Waals surface area contributed by atoms with Crippen molar-refractivity contribution in [2.75, 3.05) is 0 Å². The number of nitrogens with zero attached hydrogens (tertiary/aromatic N) is 2. The molecule has 5 aliphatic rings. The van der Waals surface area contributed by atoms with E-state index in [1.165, 1.54) is 37.7 Å². The quantitative estimate of drug-likeness (QED) is 0.711. The Kier molecular flexibility index (Phi) is 3.45. The van der Waals surface area contributed by atoms with Crippen molar-refractivity contribution in [2.24, 2.45) is 38.6 Å². The average molecular weight is 338 g/mol. The van der Waals surface area contributed by atoms with Gasteiger partial charge in [-0.25, -0.2) is 0 Å². The van der Waals surface area contributed by atoms with Gasteiger partial charge in [0.25, 0.3) is 0 Å². The lowest BCUT2D eigenvalue weighted by molar-refractivity contribution is -0.0304. The molecule has 1 N–H and O–H groups in total. The van der Waals surface area contributed by atoms with Gasteiger partial charge in [0.2, 0.25) is 0 Å². The van der Waals surface area contributed by atoms with Gasteiger partial charge >= 0.3 is 0 Å². The Labute approximate surface area is 151 Å². The molecule has 1 aliphatic heterocycles. The second-order valence-corrected chi connectivity index (χ2v) is 9.48. The zero-order chi connectivity index (χ0) is 17.2. The maximum Gasteiger partial charge on any atom is 0.161 e. The van der Waals surface area contributed by atoms with Gasteiger partial charge in [-0.2, -0.15) is 0 Å². The molecule has 0 aromatic rings. The first-order valence-electron chi connectivity index (χ1n) is 10.2. The highest BCUT2D eigenvalue weighted by molar-refractivity contribution is 6.17. The normalized spacial score (nSPS) is 48.6. The second-order valence-electron chi connectivity index (χ2n) is 9.48. The lowest BCUT2D eigenvalue weighted by Crippen LogP contribution is -2.50. The van der Waals surface area contributed by atoms with Crippen molar-refractivity contribution in [3.63, 3.8) is 0 Å². The first kappa shape index (κ1) is 16.0. The number of rotatable bonds is 1. The van der Waals surface area contributed by atoms with E-state index >= 15 is 0 Å². The van der Waals surface area contributed by atoms with E-state index in [2.05, 4.69) is 36.0 Å². The first-order chi connectivity index (χ1) is 12.0. The van der Waals surface area contributed by atoms with Crippen LogP contribution < -0.4 is 0 Å². The molecule has 3 nitrogen and oxygen atoms in total. The van der Waals surface area contributed by atoms with Crippen LogP contribution in [-0.4, -0.2) is 29.8 Å². The largest absolute Gasteiger partial charge is 0.393 e. The summed E-state index contributed by atoms with van der Waals surface area (Å²) < 4.78 is 0. The minimum atomic E-state index is -0.109. The van der Waals surface area contributed by atoms with Gasteiger partial charge in [-0.3, -0.25) is 9.98 Å².